The number of hydrogen-bond acceptors (Lipinski definition) is 3. The molecule has 4 nitrogen and oxygen atoms in total. The number of nitrogens with zero attached hydrogens (tertiary/aromatic N) is 2. The van der Waals surface area contributed by atoms with Crippen molar-refractivity contribution in [1.29, 1.82) is 0 Å². The number of rotatable bonds is 5. The second-order valence-corrected chi connectivity index (χ2v) is 13.5. The van der Waals surface area contributed by atoms with Crippen LogP contribution in [0.5, 0.6) is 0 Å². The van der Waals surface area contributed by atoms with Crippen molar-refractivity contribution in [2.75, 3.05) is 39.0 Å². The van der Waals surface area contributed by atoms with Gasteiger partial charge in [-0.15, -0.1) is 0 Å². The van der Waals surface area contributed by atoms with Gasteiger partial charge in [0.25, 0.3) is 0 Å². The Morgan fingerprint density at radius 3 is 2.29 bits per heavy atom. The molecule has 0 bridgehead atoms. The lowest BCUT2D eigenvalue weighted by molar-refractivity contribution is -0.132. The summed E-state index contributed by atoms with van der Waals surface area (Å²) in [6.07, 6.45) is 8.90. The Hall–Kier alpha value is -0.400. The first-order chi connectivity index (χ1) is 16.8. The van der Waals surface area contributed by atoms with Crippen LogP contribution >= 0.6 is 0 Å². The predicted molar refractivity (Wildman–Crippen MR) is 139 cm³/mol. The molecule has 7 heteroatoms. The van der Waals surface area contributed by atoms with Crippen LogP contribution in [0.4, 0.5) is 8.78 Å². The Balaban J connectivity index is 0.00000141. The van der Waals surface area contributed by atoms with Crippen LogP contribution in [-0.2, 0) is 15.8 Å². The highest BCUT2D eigenvalue weighted by atomic mass is 32.2. The fraction of sp³-hybridized carbons (Fsp3) is 0.964. The molecule has 1 saturated heterocycles. The third-order valence-corrected chi connectivity index (χ3v) is 11.9. The molecule has 1 aliphatic heterocycles. The lowest BCUT2D eigenvalue weighted by Gasteiger charge is -2.56. The zero-order chi connectivity index (χ0) is 25.3. The Morgan fingerprint density at radius 1 is 0.943 bits per heavy atom. The maximum atomic E-state index is 13.5. The molecule has 0 aromatic heterocycles. The van der Waals surface area contributed by atoms with Gasteiger partial charge in [0.2, 0.25) is 6.43 Å². The van der Waals surface area contributed by atoms with Gasteiger partial charge in [0, 0.05) is 44.3 Å². The van der Waals surface area contributed by atoms with Crippen molar-refractivity contribution in [1.82, 2.24) is 9.21 Å². The maximum absolute atomic E-state index is 13.5. The Bertz CT molecular complexity index is 759. The summed E-state index contributed by atoms with van der Waals surface area (Å²) < 4.78 is 40.3. The highest BCUT2D eigenvalue weighted by Crippen LogP contribution is 2.64. The molecule has 0 aromatic rings. The highest BCUT2D eigenvalue weighted by molar-refractivity contribution is 7.81. The Labute approximate surface area is 214 Å². The summed E-state index contributed by atoms with van der Waals surface area (Å²) >= 11 is 0. The van der Waals surface area contributed by atoms with Crippen LogP contribution in [0.2, 0.25) is 0 Å². The molecule has 4 saturated carbocycles. The minimum atomic E-state index is -2.15. The molecular formula is C28H48F2N2O2S. The highest BCUT2D eigenvalue weighted by Gasteiger charge is 2.58. The van der Waals surface area contributed by atoms with Crippen LogP contribution in [0.15, 0.2) is 0 Å². The normalized spacial score (nSPS) is 42.9. The smallest absolute Gasteiger partial charge is 0.241 e. The second-order valence-electron chi connectivity index (χ2n) is 12.1. The first kappa shape index (κ1) is 27.6. The molecule has 9 unspecified atom stereocenters. The molecule has 202 valence electrons. The van der Waals surface area contributed by atoms with E-state index in [0.29, 0.717) is 48.3 Å². The van der Waals surface area contributed by atoms with Gasteiger partial charge in [0.1, 0.15) is 5.78 Å². The molecule has 5 aliphatic rings. The molecule has 0 spiro atoms. The zero-order valence-electron chi connectivity index (χ0n) is 22.4. The topological polar surface area (TPSA) is 40.6 Å². The van der Waals surface area contributed by atoms with Crippen molar-refractivity contribution in [3.63, 3.8) is 0 Å². The van der Waals surface area contributed by atoms with Crippen LogP contribution < -0.4 is 0 Å². The molecule has 5 rings (SSSR count). The molecule has 1 heterocycles. The van der Waals surface area contributed by atoms with Gasteiger partial charge in [-0.25, -0.2) is 17.3 Å². The van der Waals surface area contributed by atoms with Crippen LogP contribution in [-0.4, -0.2) is 64.6 Å². The first-order valence-corrected chi connectivity index (χ1v) is 15.9. The number of carbonyl (C=O) groups is 1. The van der Waals surface area contributed by atoms with Crippen molar-refractivity contribution in [3.05, 3.63) is 0 Å². The molecule has 0 N–H and O–H groups in total. The third kappa shape index (κ3) is 5.43. The van der Waals surface area contributed by atoms with Crippen LogP contribution in [0, 0.1) is 46.8 Å². The lowest BCUT2D eigenvalue weighted by atomic mass is 9.49. The van der Waals surface area contributed by atoms with Gasteiger partial charge < -0.3 is 0 Å². The van der Waals surface area contributed by atoms with Gasteiger partial charge >= 0.3 is 0 Å². The van der Waals surface area contributed by atoms with Gasteiger partial charge in [-0.1, -0.05) is 20.8 Å². The molecule has 5 fully saturated rings. The van der Waals surface area contributed by atoms with E-state index in [-0.39, 0.29) is 17.3 Å². The maximum Gasteiger partial charge on any atom is 0.241 e. The molecule has 35 heavy (non-hydrogen) atoms. The molecule has 4 aliphatic carbocycles. The fourth-order valence-corrected chi connectivity index (χ4v) is 9.80. The number of Topliss-reactive ketones (excluding diaryl/α,β-unsaturated/α-hetero) is 1. The van der Waals surface area contributed by atoms with E-state index < -0.39 is 17.4 Å². The van der Waals surface area contributed by atoms with Crippen LogP contribution in [0.1, 0.15) is 78.6 Å². The van der Waals surface area contributed by atoms with Gasteiger partial charge in [-0.2, -0.15) is 0 Å². The average Bonchev–Trinajstić information content (AvgIpc) is 3.22. The standard InChI is InChI=1S/C26H42F2N2O2S.C2H6/c1-26-10-9-20-19-5-4-18(25(27)28)15-17(19)3-6-21(20)22(26)7-8-23(26)24(31)16-29-11-13-30(14-12-29)33(2)32;1-2/h17-23,25H,3-16H2,1-2H3;1-2H3. The van der Waals surface area contributed by atoms with Gasteiger partial charge in [-0.3, -0.25) is 9.69 Å². The molecule has 0 amide bonds. The summed E-state index contributed by atoms with van der Waals surface area (Å²) in [4.78, 5) is 15.8. The molecule has 9 atom stereocenters. The number of alkyl halides is 2. The summed E-state index contributed by atoms with van der Waals surface area (Å²) in [7, 11) is -0.921. The number of piperazine rings is 1. The first-order valence-electron chi connectivity index (χ1n) is 14.4. The zero-order valence-corrected chi connectivity index (χ0v) is 23.2. The average molecular weight is 515 g/mol. The number of hydrogen-bond donors (Lipinski definition) is 0. The number of fused-ring (bicyclic) bond motifs is 5. The van der Waals surface area contributed by atoms with Crippen molar-refractivity contribution in [3.8, 4) is 0 Å². The van der Waals surface area contributed by atoms with E-state index in [0.717, 1.165) is 58.3 Å². The van der Waals surface area contributed by atoms with E-state index in [1.165, 1.54) is 19.3 Å². The second kappa shape index (κ2) is 11.6. The minimum Gasteiger partial charge on any atom is -0.298 e. The Kier molecular flexibility index (Phi) is 9.12. The summed E-state index contributed by atoms with van der Waals surface area (Å²) in [6, 6.07) is 0. The van der Waals surface area contributed by atoms with E-state index in [1.807, 2.05) is 18.2 Å². The van der Waals surface area contributed by atoms with E-state index in [1.54, 1.807) is 6.26 Å². The summed E-state index contributed by atoms with van der Waals surface area (Å²) in [5.74, 6) is 3.44. The third-order valence-electron chi connectivity index (χ3n) is 10.8. The SMILES string of the molecule is CC.CS(=O)N1CCN(CC(=O)C2CCC3C4CCC5CC(C(F)F)CCC5C4CCC23C)CC1. The minimum absolute atomic E-state index is 0.123. The van der Waals surface area contributed by atoms with E-state index in [2.05, 4.69) is 11.8 Å². The van der Waals surface area contributed by atoms with Crippen molar-refractivity contribution >= 4 is 16.8 Å². The summed E-state index contributed by atoms with van der Waals surface area (Å²) in [5.41, 5.74) is 0.123. The largest absolute Gasteiger partial charge is 0.298 e. The van der Waals surface area contributed by atoms with Crippen LogP contribution in [0.25, 0.3) is 0 Å². The van der Waals surface area contributed by atoms with Gasteiger partial charge in [0.15, 0.2) is 0 Å². The Morgan fingerprint density at radius 2 is 1.63 bits per heavy atom. The van der Waals surface area contributed by atoms with E-state index in [9.17, 15) is 17.8 Å². The summed E-state index contributed by atoms with van der Waals surface area (Å²) in [5, 5.41) is 0. The molecule has 0 aromatic carbocycles. The summed E-state index contributed by atoms with van der Waals surface area (Å²) in [6.45, 7) is 10.2. The number of ketones is 1. The van der Waals surface area contributed by atoms with Crippen molar-refractivity contribution in [2.24, 2.45) is 46.8 Å². The van der Waals surface area contributed by atoms with Crippen LogP contribution in [0.3, 0.4) is 0 Å². The number of carbonyl (C=O) groups excluding carboxylic acids is 1. The van der Waals surface area contributed by atoms with Gasteiger partial charge in [-0.05, 0) is 92.8 Å². The van der Waals surface area contributed by atoms with Crippen molar-refractivity contribution in [2.45, 2.75) is 85.0 Å². The quantitative estimate of drug-likeness (QED) is 0.477. The number of halogens is 2. The van der Waals surface area contributed by atoms with E-state index in [4.69, 9.17) is 0 Å². The lowest BCUT2D eigenvalue weighted by Crippen LogP contribution is -2.51. The monoisotopic (exact) mass is 514 g/mol. The van der Waals surface area contributed by atoms with Gasteiger partial charge in [0.05, 0.1) is 17.5 Å². The molecular weight excluding hydrogens is 466 g/mol. The fourth-order valence-electron chi connectivity index (χ4n) is 9.12. The molecule has 0 radical (unpaired) electrons. The predicted octanol–water partition coefficient (Wildman–Crippen LogP) is 5.64. The van der Waals surface area contributed by atoms with E-state index >= 15 is 0 Å². The van der Waals surface area contributed by atoms with Crippen molar-refractivity contribution < 1.29 is 17.8 Å².